The molecule has 0 bridgehead atoms. The van der Waals surface area contributed by atoms with Gasteiger partial charge < -0.3 is 0 Å². The van der Waals surface area contributed by atoms with E-state index in [1.807, 2.05) is 0 Å². The number of hydrogen-bond donors (Lipinski definition) is 0. The van der Waals surface area contributed by atoms with Gasteiger partial charge >= 0.3 is 0 Å². The molecule has 54 valence electrons. The number of ketones is 1. The fourth-order valence-electron chi connectivity index (χ4n) is 1.03. The van der Waals surface area contributed by atoms with E-state index in [2.05, 4.69) is 6.07 Å². The van der Waals surface area contributed by atoms with Crippen LogP contribution in [0.3, 0.4) is 0 Å². The maximum Gasteiger partial charge on any atom is 0.131 e. The highest BCUT2D eigenvalue weighted by atomic mass is 32.2. The van der Waals surface area contributed by atoms with Crippen LogP contribution in [-0.4, -0.2) is 17.3 Å². The Kier molecular flexibility index (Phi) is 2.00. The van der Waals surface area contributed by atoms with Crippen molar-refractivity contribution in [3.05, 3.63) is 0 Å². The maximum atomic E-state index is 10.7. The maximum absolute atomic E-state index is 10.7. The molecular weight excluding hydrogens is 146 g/mol. The number of carbonyl (C=O) groups is 1. The lowest BCUT2D eigenvalue weighted by molar-refractivity contribution is -0.118. The monoisotopic (exact) mass is 155 g/mol. The Morgan fingerprint density at radius 3 is 2.50 bits per heavy atom. The van der Waals surface area contributed by atoms with Crippen molar-refractivity contribution in [1.29, 1.82) is 5.26 Å². The van der Waals surface area contributed by atoms with E-state index in [9.17, 15) is 4.79 Å². The first-order chi connectivity index (χ1) is 4.68. The number of nitrogens with zero attached hydrogens (tertiary/aromatic N) is 1. The van der Waals surface area contributed by atoms with Gasteiger partial charge in [-0.05, 0) is 6.92 Å². The minimum Gasteiger partial charge on any atom is -0.300 e. The molecule has 3 heteroatoms. The van der Waals surface area contributed by atoms with Gasteiger partial charge in [-0.1, -0.05) is 0 Å². The number of rotatable bonds is 2. The van der Waals surface area contributed by atoms with Crippen molar-refractivity contribution in [3.63, 3.8) is 0 Å². The molecule has 0 amide bonds. The van der Waals surface area contributed by atoms with Crippen LogP contribution in [-0.2, 0) is 4.79 Å². The van der Waals surface area contributed by atoms with Gasteiger partial charge in [0, 0.05) is 17.9 Å². The highest BCUT2D eigenvalue weighted by Gasteiger charge is 2.38. The van der Waals surface area contributed by atoms with E-state index in [1.54, 1.807) is 18.7 Å². The average molecular weight is 155 g/mol. The molecule has 10 heavy (non-hydrogen) atoms. The summed E-state index contributed by atoms with van der Waals surface area (Å²) >= 11 is 1.74. The molecule has 0 atom stereocenters. The van der Waals surface area contributed by atoms with E-state index in [1.165, 1.54) is 0 Å². The van der Waals surface area contributed by atoms with Crippen LogP contribution in [0.15, 0.2) is 0 Å². The van der Waals surface area contributed by atoms with Crippen molar-refractivity contribution >= 4 is 17.5 Å². The zero-order chi connectivity index (χ0) is 7.61. The third-order valence-corrected chi connectivity index (χ3v) is 3.09. The molecule has 1 rings (SSSR count). The van der Waals surface area contributed by atoms with Gasteiger partial charge in [-0.2, -0.15) is 17.0 Å². The minimum atomic E-state index is -0.295. The third-order valence-electron chi connectivity index (χ3n) is 1.58. The summed E-state index contributed by atoms with van der Waals surface area (Å²) in [6.07, 6.45) is 0.441. The predicted octanol–water partition coefficient (Wildman–Crippen LogP) is 1.22. The first-order valence-corrected chi connectivity index (χ1v) is 4.32. The lowest BCUT2D eigenvalue weighted by Crippen LogP contribution is -2.35. The molecule has 1 heterocycles. The van der Waals surface area contributed by atoms with Crippen LogP contribution in [0.5, 0.6) is 0 Å². The number of thioether (sulfide) groups is 1. The molecule has 0 unspecified atom stereocenters. The van der Waals surface area contributed by atoms with Gasteiger partial charge in [0.2, 0.25) is 0 Å². The Morgan fingerprint density at radius 2 is 2.40 bits per heavy atom. The summed E-state index contributed by atoms with van der Waals surface area (Å²) in [7, 11) is 0. The van der Waals surface area contributed by atoms with E-state index in [-0.39, 0.29) is 11.2 Å². The molecule has 1 aliphatic heterocycles. The summed E-state index contributed by atoms with van der Waals surface area (Å²) in [6.45, 7) is 1.54. The molecular formula is C7H9NOS. The minimum absolute atomic E-state index is 0.127. The topological polar surface area (TPSA) is 40.9 Å². The molecule has 1 fully saturated rings. The quantitative estimate of drug-likeness (QED) is 0.602. The lowest BCUT2D eigenvalue weighted by atomic mass is 9.88. The molecule has 2 nitrogen and oxygen atoms in total. The van der Waals surface area contributed by atoms with Gasteiger partial charge in [-0.3, -0.25) is 4.79 Å². The molecule has 0 N–H and O–H groups in total. The first kappa shape index (κ1) is 7.62. The van der Waals surface area contributed by atoms with Crippen LogP contribution < -0.4 is 0 Å². The summed E-state index contributed by atoms with van der Waals surface area (Å²) in [5.74, 6) is 1.80. The second-order valence-electron chi connectivity index (χ2n) is 2.76. The SMILES string of the molecule is CC(=O)CC1(C#N)CSC1. The molecule has 0 aromatic carbocycles. The van der Waals surface area contributed by atoms with Crippen LogP contribution in [0, 0.1) is 16.7 Å². The Labute approximate surface area is 64.6 Å². The summed E-state index contributed by atoms with van der Waals surface area (Å²) in [6, 6.07) is 2.20. The van der Waals surface area contributed by atoms with Gasteiger partial charge in [-0.15, -0.1) is 0 Å². The Morgan fingerprint density at radius 1 is 1.80 bits per heavy atom. The number of hydrogen-bond acceptors (Lipinski definition) is 3. The van der Waals surface area contributed by atoms with Crippen molar-refractivity contribution < 1.29 is 4.79 Å². The number of Topliss-reactive ketones (excluding diaryl/α,β-unsaturated/α-hetero) is 1. The third kappa shape index (κ3) is 1.32. The second-order valence-corrected chi connectivity index (χ2v) is 3.75. The van der Waals surface area contributed by atoms with Crippen molar-refractivity contribution in [2.75, 3.05) is 11.5 Å². The molecule has 0 aromatic heterocycles. The van der Waals surface area contributed by atoms with Gasteiger partial charge in [0.15, 0.2) is 0 Å². The van der Waals surface area contributed by atoms with Crippen LogP contribution in [0.25, 0.3) is 0 Å². The van der Waals surface area contributed by atoms with Crippen molar-refractivity contribution in [2.45, 2.75) is 13.3 Å². The zero-order valence-corrected chi connectivity index (χ0v) is 6.70. The average Bonchev–Trinajstić information content (AvgIpc) is 1.78. The first-order valence-electron chi connectivity index (χ1n) is 3.17. The van der Waals surface area contributed by atoms with Crippen LogP contribution in [0.2, 0.25) is 0 Å². The fraction of sp³-hybridized carbons (Fsp3) is 0.714. The summed E-state index contributed by atoms with van der Waals surface area (Å²) < 4.78 is 0. The van der Waals surface area contributed by atoms with Gasteiger partial charge in [0.1, 0.15) is 5.78 Å². The van der Waals surface area contributed by atoms with Gasteiger partial charge in [-0.25, -0.2) is 0 Å². The number of nitriles is 1. The van der Waals surface area contributed by atoms with Crippen molar-refractivity contribution in [2.24, 2.45) is 5.41 Å². The Bertz CT molecular complexity index is 190. The fourth-order valence-corrected chi connectivity index (χ4v) is 2.06. The van der Waals surface area contributed by atoms with Crippen LogP contribution >= 0.6 is 11.8 Å². The second kappa shape index (κ2) is 2.63. The molecule has 0 aromatic rings. The predicted molar refractivity (Wildman–Crippen MR) is 40.7 cm³/mol. The van der Waals surface area contributed by atoms with E-state index in [4.69, 9.17) is 5.26 Å². The van der Waals surface area contributed by atoms with E-state index in [0.29, 0.717) is 6.42 Å². The molecule has 0 saturated carbocycles. The summed E-state index contributed by atoms with van der Waals surface area (Å²) in [5.41, 5.74) is -0.295. The van der Waals surface area contributed by atoms with Crippen LogP contribution in [0.4, 0.5) is 0 Å². The molecule has 0 spiro atoms. The van der Waals surface area contributed by atoms with E-state index in [0.717, 1.165) is 11.5 Å². The van der Waals surface area contributed by atoms with E-state index >= 15 is 0 Å². The summed E-state index contributed by atoms with van der Waals surface area (Å²) in [5, 5.41) is 8.67. The number of carbonyl (C=O) groups excluding carboxylic acids is 1. The molecule has 1 saturated heterocycles. The van der Waals surface area contributed by atoms with Crippen molar-refractivity contribution in [1.82, 2.24) is 0 Å². The Balaban J connectivity index is 2.51. The van der Waals surface area contributed by atoms with Gasteiger partial charge in [0.05, 0.1) is 11.5 Å². The van der Waals surface area contributed by atoms with Crippen LogP contribution in [0.1, 0.15) is 13.3 Å². The normalized spacial score (nSPS) is 20.8. The highest BCUT2D eigenvalue weighted by Crippen LogP contribution is 2.40. The highest BCUT2D eigenvalue weighted by molar-refractivity contribution is 8.00. The van der Waals surface area contributed by atoms with E-state index < -0.39 is 0 Å². The van der Waals surface area contributed by atoms with Gasteiger partial charge in [0.25, 0.3) is 0 Å². The lowest BCUT2D eigenvalue weighted by Gasteiger charge is -2.33. The molecule has 0 radical (unpaired) electrons. The summed E-state index contributed by atoms with van der Waals surface area (Å²) in [4.78, 5) is 10.7. The smallest absolute Gasteiger partial charge is 0.131 e. The molecule has 1 aliphatic rings. The Hall–Kier alpha value is -0.490. The largest absolute Gasteiger partial charge is 0.300 e. The standard InChI is InChI=1S/C7H9NOS/c1-6(9)2-7(3-8)4-10-5-7/h2,4-5H2,1H3. The van der Waals surface area contributed by atoms with Crippen molar-refractivity contribution in [3.8, 4) is 6.07 Å². The molecule has 0 aliphatic carbocycles. The zero-order valence-electron chi connectivity index (χ0n) is 5.89.